The molecule has 2 aliphatic heterocycles. The molecule has 0 aromatic heterocycles. The van der Waals surface area contributed by atoms with Crippen molar-refractivity contribution in [2.75, 3.05) is 37.8 Å². The van der Waals surface area contributed by atoms with Crippen LogP contribution in [0.5, 0.6) is 0 Å². The molecule has 2 fully saturated rings. The summed E-state index contributed by atoms with van der Waals surface area (Å²) in [6.45, 7) is 4.38. The van der Waals surface area contributed by atoms with Gasteiger partial charge in [-0.1, -0.05) is 36.1 Å². The van der Waals surface area contributed by atoms with Gasteiger partial charge in [-0.3, -0.25) is 19.7 Å². The van der Waals surface area contributed by atoms with Gasteiger partial charge in [-0.05, 0) is 66.3 Å². The van der Waals surface area contributed by atoms with Crippen molar-refractivity contribution < 1.29 is 28.0 Å². The van der Waals surface area contributed by atoms with E-state index in [4.69, 9.17) is 9.94 Å². The van der Waals surface area contributed by atoms with Gasteiger partial charge in [0.15, 0.2) is 0 Å². The highest BCUT2D eigenvalue weighted by Gasteiger charge is 2.34. The summed E-state index contributed by atoms with van der Waals surface area (Å²) >= 11 is 0. The van der Waals surface area contributed by atoms with Gasteiger partial charge >= 0.3 is 0 Å². The van der Waals surface area contributed by atoms with E-state index in [0.717, 1.165) is 44.0 Å². The smallest absolute Gasteiger partial charge is 0.266 e. The summed E-state index contributed by atoms with van der Waals surface area (Å²) in [6, 6.07) is 14.0. The molecule has 0 radical (unpaired) electrons. The number of nitrogens with zero attached hydrogens (tertiary/aromatic N) is 1. The number of nitrogens with one attached hydrogen (secondary N) is 2. The van der Waals surface area contributed by atoms with Crippen molar-refractivity contribution in [2.24, 2.45) is 5.92 Å². The zero-order chi connectivity index (χ0) is 27.7. The molecule has 0 spiro atoms. The van der Waals surface area contributed by atoms with Gasteiger partial charge < -0.3 is 10.1 Å². The maximum absolute atomic E-state index is 12.8. The topological polar surface area (TPSA) is 125 Å². The van der Waals surface area contributed by atoms with Crippen LogP contribution in [-0.2, 0) is 25.9 Å². The third-order valence-corrected chi connectivity index (χ3v) is 8.68. The van der Waals surface area contributed by atoms with Crippen LogP contribution < -0.4 is 10.8 Å². The first-order chi connectivity index (χ1) is 18.8. The van der Waals surface area contributed by atoms with Crippen LogP contribution in [0.1, 0.15) is 39.9 Å². The molecule has 39 heavy (non-hydrogen) atoms. The highest BCUT2D eigenvalue weighted by Crippen LogP contribution is 2.23. The number of morpholine rings is 1. The van der Waals surface area contributed by atoms with Crippen molar-refractivity contribution in [3.05, 3.63) is 76.9 Å². The average Bonchev–Trinajstić information content (AvgIpc) is 2.95. The van der Waals surface area contributed by atoms with E-state index in [1.54, 1.807) is 35.8 Å². The second-order valence-corrected chi connectivity index (χ2v) is 12.0. The molecule has 4 rings (SSSR count). The zero-order valence-corrected chi connectivity index (χ0v) is 22.5. The number of hydrogen-bond acceptors (Lipinski definition) is 7. The number of rotatable bonds is 7. The van der Waals surface area contributed by atoms with E-state index in [1.165, 1.54) is 5.56 Å². The lowest BCUT2D eigenvalue weighted by atomic mass is 9.92. The standard InChI is InChI=1S/C29H33N3O6S/c33-28(30-27(29(34)31-35)25-13-19-39(36,37)20-14-25)26-11-9-23(10-12-26)4-2-1-3-22-5-7-24(8-6-22)21-32-15-17-38-18-16-32/h2,4-12,25,27,35H,13-21H2,(H,30,33)(H,31,34)/b4-2+/t27-/m0/s1. The summed E-state index contributed by atoms with van der Waals surface area (Å²) < 4.78 is 28.8. The second-order valence-electron chi connectivity index (χ2n) is 9.73. The summed E-state index contributed by atoms with van der Waals surface area (Å²) in [5, 5.41) is 11.8. The molecule has 3 N–H and O–H groups in total. The number of benzene rings is 2. The summed E-state index contributed by atoms with van der Waals surface area (Å²) in [5.74, 6) is 4.42. The third-order valence-electron chi connectivity index (χ3n) is 6.96. The molecule has 2 aromatic carbocycles. The number of sulfone groups is 1. The molecule has 0 saturated carbocycles. The Labute approximate surface area is 229 Å². The van der Waals surface area contributed by atoms with Crippen LogP contribution in [-0.4, -0.2) is 74.2 Å². The zero-order valence-electron chi connectivity index (χ0n) is 21.6. The Balaban J connectivity index is 1.30. The minimum atomic E-state index is -3.13. The first-order valence-electron chi connectivity index (χ1n) is 13.0. The van der Waals surface area contributed by atoms with Crippen LogP contribution >= 0.6 is 0 Å². The Morgan fingerprint density at radius 1 is 1.05 bits per heavy atom. The van der Waals surface area contributed by atoms with Crippen molar-refractivity contribution in [2.45, 2.75) is 25.4 Å². The first-order valence-corrected chi connectivity index (χ1v) is 14.8. The highest BCUT2D eigenvalue weighted by molar-refractivity contribution is 7.91. The monoisotopic (exact) mass is 551 g/mol. The van der Waals surface area contributed by atoms with Crippen molar-refractivity contribution >= 4 is 27.7 Å². The predicted molar refractivity (Wildman–Crippen MR) is 147 cm³/mol. The molecule has 0 bridgehead atoms. The molecule has 10 heteroatoms. The van der Waals surface area contributed by atoms with Crippen molar-refractivity contribution in [3.8, 4) is 11.8 Å². The lowest BCUT2D eigenvalue weighted by Gasteiger charge is -2.29. The predicted octanol–water partition coefficient (Wildman–Crippen LogP) is 2.01. The molecule has 2 heterocycles. The normalized spacial score (nSPS) is 18.6. The van der Waals surface area contributed by atoms with E-state index in [9.17, 15) is 18.0 Å². The number of hydrogen-bond donors (Lipinski definition) is 3. The van der Waals surface area contributed by atoms with Crippen LogP contribution in [0.15, 0.2) is 54.6 Å². The molecule has 206 valence electrons. The SMILES string of the molecule is O=C(N[C@H](C(=O)NO)C1CCS(=O)(=O)CC1)c1ccc(/C=C/C#Cc2ccc(CN3CCOCC3)cc2)cc1. The van der Waals surface area contributed by atoms with Crippen molar-refractivity contribution in [3.63, 3.8) is 0 Å². The van der Waals surface area contributed by atoms with Gasteiger partial charge in [-0.2, -0.15) is 0 Å². The fourth-order valence-corrected chi connectivity index (χ4v) is 6.18. The number of hydroxylamine groups is 1. The number of carbonyl (C=O) groups is 2. The Hall–Kier alpha value is -3.49. The third kappa shape index (κ3) is 8.50. The second kappa shape index (κ2) is 13.5. The van der Waals surface area contributed by atoms with Gasteiger partial charge in [0.2, 0.25) is 0 Å². The molecule has 1 atom stereocenters. The summed E-state index contributed by atoms with van der Waals surface area (Å²) in [5.41, 5.74) is 4.94. The van der Waals surface area contributed by atoms with E-state index in [2.05, 4.69) is 34.2 Å². The minimum absolute atomic E-state index is 0.0487. The van der Waals surface area contributed by atoms with Crippen LogP contribution in [0, 0.1) is 17.8 Å². The fraction of sp³-hybridized carbons (Fsp3) is 0.379. The Kier molecular flexibility index (Phi) is 9.90. The molecule has 2 amide bonds. The van der Waals surface area contributed by atoms with Gasteiger partial charge in [-0.25, -0.2) is 13.9 Å². The minimum Gasteiger partial charge on any atom is -0.379 e. The van der Waals surface area contributed by atoms with E-state index >= 15 is 0 Å². The van der Waals surface area contributed by atoms with Crippen molar-refractivity contribution in [1.29, 1.82) is 0 Å². The number of allylic oxidation sites excluding steroid dienone is 1. The largest absolute Gasteiger partial charge is 0.379 e. The molecule has 2 aromatic rings. The van der Waals surface area contributed by atoms with Crippen molar-refractivity contribution in [1.82, 2.24) is 15.7 Å². The van der Waals surface area contributed by atoms with Crippen LogP contribution in [0.2, 0.25) is 0 Å². The van der Waals surface area contributed by atoms with E-state index in [-0.39, 0.29) is 30.3 Å². The molecule has 0 aliphatic carbocycles. The van der Waals surface area contributed by atoms with Gasteiger partial charge in [0.25, 0.3) is 11.8 Å². The fourth-order valence-electron chi connectivity index (χ4n) is 4.65. The van der Waals surface area contributed by atoms with Gasteiger partial charge in [0.1, 0.15) is 15.9 Å². The highest BCUT2D eigenvalue weighted by atomic mass is 32.2. The molecule has 2 aliphatic rings. The number of carbonyl (C=O) groups excluding carboxylic acids is 2. The summed E-state index contributed by atoms with van der Waals surface area (Å²) in [7, 11) is -3.13. The maximum atomic E-state index is 12.8. The number of ether oxygens (including phenoxy) is 1. The van der Waals surface area contributed by atoms with Crippen LogP contribution in [0.3, 0.4) is 0 Å². The Bertz CT molecular complexity index is 1320. The van der Waals surface area contributed by atoms with E-state index < -0.39 is 27.7 Å². The maximum Gasteiger partial charge on any atom is 0.266 e. The van der Waals surface area contributed by atoms with Gasteiger partial charge in [-0.15, -0.1) is 0 Å². The molecule has 9 nitrogen and oxygen atoms in total. The molecular formula is C29H33N3O6S. The van der Waals surface area contributed by atoms with Gasteiger partial charge in [0.05, 0.1) is 24.7 Å². The van der Waals surface area contributed by atoms with Gasteiger partial charge in [0, 0.05) is 30.8 Å². The quantitative estimate of drug-likeness (QED) is 0.273. The molecule has 2 saturated heterocycles. The lowest BCUT2D eigenvalue weighted by molar-refractivity contribution is -0.132. The Morgan fingerprint density at radius 2 is 1.72 bits per heavy atom. The molecular weight excluding hydrogens is 518 g/mol. The lowest BCUT2D eigenvalue weighted by Crippen LogP contribution is -2.51. The summed E-state index contributed by atoms with van der Waals surface area (Å²) in [6.07, 6.45) is 4.07. The first kappa shape index (κ1) is 28.5. The van der Waals surface area contributed by atoms with E-state index in [0.29, 0.717) is 5.56 Å². The summed E-state index contributed by atoms with van der Waals surface area (Å²) in [4.78, 5) is 27.3. The molecule has 0 unspecified atom stereocenters. The van der Waals surface area contributed by atoms with Crippen LogP contribution in [0.25, 0.3) is 6.08 Å². The average molecular weight is 552 g/mol. The van der Waals surface area contributed by atoms with Crippen LogP contribution in [0.4, 0.5) is 0 Å². The number of amides is 2. The van der Waals surface area contributed by atoms with E-state index in [1.807, 2.05) is 18.2 Å². The Morgan fingerprint density at radius 3 is 2.36 bits per heavy atom.